The number of halogens is 1. The second-order valence-corrected chi connectivity index (χ2v) is 6.62. The van der Waals surface area contributed by atoms with Crippen LogP contribution in [0, 0.1) is 0 Å². The minimum absolute atomic E-state index is 0.282. The lowest BCUT2D eigenvalue weighted by atomic mass is 10.1. The van der Waals surface area contributed by atoms with Gasteiger partial charge < -0.3 is 20.1 Å². The Bertz CT molecular complexity index is 886. The number of amides is 2. The molecule has 146 valence electrons. The van der Waals surface area contributed by atoms with E-state index in [1.54, 1.807) is 30.3 Å². The number of anilines is 1. The first-order chi connectivity index (χ1) is 13.5. The Morgan fingerprint density at radius 1 is 1.18 bits per heavy atom. The van der Waals surface area contributed by atoms with Crippen LogP contribution in [0.25, 0.3) is 0 Å². The Morgan fingerprint density at radius 3 is 2.82 bits per heavy atom. The summed E-state index contributed by atoms with van der Waals surface area (Å²) in [6.45, 7) is -0.0268. The lowest BCUT2D eigenvalue weighted by Crippen LogP contribution is -2.39. The average molecular weight is 403 g/mol. The maximum absolute atomic E-state index is 12.0. The summed E-state index contributed by atoms with van der Waals surface area (Å²) in [6.07, 6.45) is -0.667. The largest absolute Gasteiger partial charge is 0.478 e. The predicted molar refractivity (Wildman–Crippen MR) is 103 cm³/mol. The SMILES string of the molecule is O=C(COC(=O)C[C@@H]1Oc2ccccc2NC1=O)NCCc1cccc(Cl)c1. The van der Waals surface area contributed by atoms with Gasteiger partial charge in [-0.25, -0.2) is 0 Å². The summed E-state index contributed by atoms with van der Waals surface area (Å²) in [5.74, 6) is -1.06. The molecule has 0 bridgehead atoms. The van der Waals surface area contributed by atoms with Crippen LogP contribution in [0.3, 0.4) is 0 Å². The molecule has 8 heteroatoms. The van der Waals surface area contributed by atoms with Gasteiger partial charge in [0.05, 0.1) is 12.1 Å². The normalized spacial score (nSPS) is 15.0. The summed E-state index contributed by atoms with van der Waals surface area (Å²) in [5, 5.41) is 5.96. The number of hydrogen-bond acceptors (Lipinski definition) is 5. The van der Waals surface area contributed by atoms with Gasteiger partial charge in [0.25, 0.3) is 11.8 Å². The summed E-state index contributed by atoms with van der Waals surface area (Å²) in [6, 6.07) is 14.3. The third kappa shape index (κ3) is 5.47. The van der Waals surface area contributed by atoms with Gasteiger partial charge in [-0.1, -0.05) is 35.9 Å². The molecular formula is C20H19ClN2O5. The monoisotopic (exact) mass is 402 g/mol. The number of para-hydroxylation sites is 2. The summed E-state index contributed by atoms with van der Waals surface area (Å²) < 4.78 is 10.5. The molecule has 0 saturated heterocycles. The van der Waals surface area contributed by atoms with Crippen LogP contribution in [0.5, 0.6) is 5.75 Å². The van der Waals surface area contributed by atoms with Gasteiger partial charge in [0.2, 0.25) is 0 Å². The van der Waals surface area contributed by atoms with Crippen LogP contribution in [0.4, 0.5) is 5.69 Å². The van der Waals surface area contributed by atoms with Gasteiger partial charge in [-0.3, -0.25) is 14.4 Å². The second kappa shape index (κ2) is 9.23. The molecule has 1 atom stereocenters. The van der Waals surface area contributed by atoms with Gasteiger partial charge in [0.15, 0.2) is 12.7 Å². The van der Waals surface area contributed by atoms with Crippen molar-refractivity contribution in [1.82, 2.24) is 5.32 Å². The Hall–Kier alpha value is -3.06. The van der Waals surface area contributed by atoms with E-state index in [9.17, 15) is 14.4 Å². The third-order valence-corrected chi connectivity index (χ3v) is 4.28. The van der Waals surface area contributed by atoms with E-state index in [4.69, 9.17) is 21.1 Å². The molecule has 7 nitrogen and oxygen atoms in total. The van der Waals surface area contributed by atoms with E-state index in [-0.39, 0.29) is 6.42 Å². The zero-order valence-corrected chi connectivity index (χ0v) is 15.7. The smallest absolute Gasteiger partial charge is 0.310 e. The van der Waals surface area contributed by atoms with Crippen LogP contribution in [0.15, 0.2) is 48.5 Å². The minimum Gasteiger partial charge on any atom is -0.478 e. The number of carbonyl (C=O) groups is 3. The van der Waals surface area contributed by atoms with E-state index in [1.165, 1.54) is 0 Å². The van der Waals surface area contributed by atoms with Crippen molar-refractivity contribution in [3.63, 3.8) is 0 Å². The van der Waals surface area contributed by atoms with Crippen molar-refractivity contribution in [2.45, 2.75) is 18.9 Å². The number of ether oxygens (including phenoxy) is 2. The van der Waals surface area contributed by atoms with Crippen molar-refractivity contribution >= 4 is 35.1 Å². The molecule has 0 saturated carbocycles. The molecule has 0 aromatic heterocycles. The van der Waals surface area contributed by atoms with Crippen molar-refractivity contribution in [3.05, 3.63) is 59.1 Å². The maximum Gasteiger partial charge on any atom is 0.310 e. The van der Waals surface area contributed by atoms with E-state index in [1.807, 2.05) is 18.2 Å². The molecule has 0 fully saturated rings. The van der Waals surface area contributed by atoms with E-state index < -0.39 is 30.5 Å². The Labute approximate surface area is 167 Å². The number of benzene rings is 2. The van der Waals surface area contributed by atoms with Gasteiger partial charge in [-0.2, -0.15) is 0 Å². The van der Waals surface area contributed by atoms with E-state index >= 15 is 0 Å². The first-order valence-electron chi connectivity index (χ1n) is 8.74. The zero-order chi connectivity index (χ0) is 19.9. The van der Waals surface area contributed by atoms with E-state index in [0.29, 0.717) is 29.4 Å². The third-order valence-electron chi connectivity index (χ3n) is 4.05. The lowest BCUT2D eigenvalue weighted by molar-refractivity contribution is -0.151. The molecule has 0 radical (unpaired) electrons. The van der Waals surface area contributed by atoms with Crippen molar-refractivity contribution in [2.75, 3.05) is 18.5 Å². The quantitative estimate of drug-likeness (QED) is 0.693. The predicted octanol–water partition coefficient (Wildman–Crippen LogP) is 2.33. The lowest BCUT2D eigenvalue weighted by Gasteiger charge is -2.25. The first-order valence-corrected chi connectivity index (χ1v) is 9.12. The highest BCUT2D eigenvalue weighted by Crippen LogP contribution is 2.29. The fraction of sp³-hybridized carbons (Fsp3) is 0.250. The van der Waals surface area contributed by atoms with Crippen molar-refractivity contribution in [2.24, 2.45) is 0 Å². The topological polar surface area (TPSA) is 93.7 Å². The molecule has 1 aliphatic heterocycles. The van der Waals surface area contributed by atoms with Crippen LogP contribution in [-0.2, 0) is 25.5 Å². The highest BCUT2D eigenvalue weighted by atomic mass is 35.5. The highest BCUT2D eigenvalue weighted by molar-refractivity contribution is 6.30. The number of esters is 1. The molecule has 2 amide bonds. The average Bonchev–Trinajstić information content (AvgIpc) is 2.67. The van der Waals surface area contributed by atoms with Gasteiger partial charge >= 0.3 is 5.97 Å². The maximum atomic E-state index is 12.0. The molecule has 0 spiro atoms. The fourth-order valence-electron chi connectivity index (χ4n) is 2.67. The number of hydrogen-bond donors (Lipinski definition) is 2. The van der Waals surface area contributed by atoms with Gasteiger partial charge in [0, 0.05) is 11.6 Å². The second-order valence-electron chi connectivity index (χ2n) is 6.19. The number of carbonyl (C=O) groups excluding carboxylic acids is 3. The van der Waals surface area contributed by atoms with E-state index in [0.717, 1.165) is 5.56 Å². The first kappa shape index (κ1) is 19.7. The van der Waals surface area contributed by atoms with Crippen LogP contribution in [-0.4, -0.2) is 37.0 Å². The van der Waals surface area contributed by atoms with Crippen molar-refractivity contribution in [3.8, 4) is 5.75 Å². The Balaban J connectivity index is 1.38. The van der Waals surface area contributed by atoms with Gasteiger partial charge in [-0.05, 0) is 36.2 Å². The van der Waals surface area contributed by atoms with Gasteiger partial charge in [-0.15, -0.1) is 0 Å². The molecule has 2 aromatic rings. The van der Waals surface area contributed by atoms with Crippen LogP contribution in [0.2, 0.25) is 5.02 Å². The molecule has 0 unspecified atom stereocenters. The number of nitrogens with one attached hydrogen (secondary N) is 2. The van der Waals surface area contributed by atoms with Crippen molar-refractivity contribution < 1.29 is 23.9 Å². The van der Waals surface area contributed by atoms with Crippen LogP contribution < -0.4 is 15.4 Å². The molecule has 0 aliphatic carbocycles. The van der Waals surface area contributed by atoms with Crippen LogP contribution >= 0.6 is 11.6 Å². The molecule has 1 heterocycles. The molecular weight excluding hydrogens is 384 g/mol. The zero-order valence-electron chi connectivity index (χ0n) is 14.9. The molecule has 28 heavy (non-hydrogen) atoms. The molecule has 1 aliphatic rings. The fourth-order valence-corrected chi connectivity index (χ4v) is 2.89. The number of rotatable bonds is 7. The Kier molecular flexibility index (Phi) is 6.49. The molecule has 2 aromatic carbocycles. The standard InChI is InChI=1S/C20H19ClN2O5/c21-14-5-3-4-13(10-14)8-9-22-18(24)12-27-19(25)11-17-20(26)23-15-6-1-2-7-16(15)28-17/h1-7,10,17H,8-9,11-12H2,(H,22,24)(H,23,26)/t17-/m0/s1. The molecule has 3 rings (SSSR count). The summed E-state index contributed by atoms with van der Waals surface area (Å²) >= 11 is 5.91. The summed E-state index contributed by atoms with van der Waals surface area (Å²) in [5.41, 5.74) is 1.54. The minimum atomic E-state index is -0.992. The summed E-state index contributed by atoms with van der Waals surface area (Å²) in [7, 11) is 0. The van der Waals surface area contributed by atoms with Gasteiger partial charge in [0.1, 0.15) is 5.75 Å². The van der Waals surface area contributed by atoms with Crippen LogP contribution in [0.1, 0.15) is 12.0 Å². The highest BCUT2D eigenvalue weighted by Gasteiger charge is 2.30. The van der Waals surface area contributed by atoms with E-state index in [2.05, 4.69) is 10.6 Å². The molecule has 2 N–H and O–H groups in total. The number of fused-ring (bicyclic) bond motifs is 1. The Morgan fingerprint density at radius 2 is 2.00 bits per heavy atom. The summed E-state index contributed by atoms with van der Waals surface area (Å²) in [4.78, 5) is 35.7. The van der Waals surface area contributed by atoms with Crippen molar-refractivity contribution in [1.29, 1.82) is 0 Å².